The van der Waals surface area contributed by atoms with Crippen molar-refractivity contribution in [1.29, 1.82) is 0 Å². The molecule has 1 heterocycles. The molecule has 26 heavy (non-hydrogen) atoms. The lowest BCUT2D eigenvalue weighted by atomic mass is 9.99. The predicted molar refractivity (Wildman–Crippen MR) is 105 cm³/mol. The summed E-state index contributed by atoms with van der Waals surface area (Å²) in [5.41, 5.74) is 2.57. The number of nitrogens with zero attached hydrogens (tertiary/aromatic N) is 2. The first-order chi connectivity index (χ1) is 12.8. The second kappa shape index (κ2) is 9.39. The van der Waals surface area contributed by atoms with Gasteiger partial charge in [0.1, 0.15) is 0 Å². The van der Waals surface area contributed by atoms with Crippen LogP contribution in [0.3, 0.4) is 0 Å². The summed E-state index contributed by atoms with van der Waals surface area (Å²) in [6.45, 7) is 6.31. The molecule has 0 N–H and O–H groups in total. The van der Waals surface area contributed by atoms with Crippen LogP contribution in [0, 0.1) is 0 Å². The summed E-state index contributed by atoms with van der Waals surface area (Å²) < 4.78 is 5.12. The summed E-state index contributed by atoms with van der Waals surface area (Å²) in [4.78, 5) is 16.8. The van der Waals surface area contributed by atoms with Crippen LogP contribution in [0.1, 0.15) is 31.4 Å². The molecule has 0 amide bonds. The van der Waals surface area contributed by atoms with Gasteiger partial charge in [-0.05, 0) is 31.0 Å². The zero-order chi connectivity index (χ0) is 18.2. The number of anilines is 1. The standard InChI is InChI=1S/C22H28N2O2/c1-2-26-22(25)14-13-21(19-9-5-3-6-10-19)24-17-15-23(16-18-24)20-11-7-4-8-12-20/h3-12,21H,2,13-18H2,1H3. The molecule has 1 aliphatic rings. The minimum absolute atomic E-state index is 0.101. The molecule has 0 aliphatic carbocycles. The van der Waals surface area contributed by atoms with Gasteiger partial charge in [0.2, 0.25) is 0 Å². The smallest absolute Gasteiger partial charge is 0.305 e. The quantitative estimate of drug-likeness (QED) is 0.708. The van der Waals surface area contributed by atoms with E-state index in [1.54, 1.807) is 0 Å². The average Bonchev–Trinajstić information content (AvgIpc) is 2.70. The SMILES string of the molecule is CCOC(=O)CCC(c1ccccc1)N1CCN(c2ccccc2)CC1. The molecule has 1 saturated heterocycles. The topological polar surface area (TPSA) is 32.8 Å². The molecule has 1 aliphatic heterocycles. The first-order valence-electron chi connectivity index (χ1n) is 9.52. The minimum Gasteiger partial charge on any atom is -0.466 e. The molecule has 3 rings (SSSR count). The lowest BCUT2D eigenvalue weighted by Gasteiger charge is -2.40. The molecule has 1 atom stereocenters. The van der Waals surface area contributed by atoms with Crippen LogP contribution >= 0.6 is 0 Å². The van der Waals surface area contributed by atoms with E-state index in [0.29, 0.717) is 13.0 Å². The van der Waals surface area contributed by atoms with E-state index in [-0.39, 0.29) is 12.0 Å². The van der Waals surface area contributed by atoms with Crippen molar-refractivity contribution in [3.8, 4) is 0 Å². The normalized spacial score (nSPS) is 16.3. The maximum absolute atomic E-state index is 11.8. The van der Waals surface area contributed by atoms with Crippen LogP contribution in [0.5, 0.6) is 0 Å². The fourth-order valence-corrected chi connectivity index (χ4v) is 3.65. The van der Waals surface area contributed by atoms with E-state index in [9.17, 15) is 4.79 Å². The lowest BCUT2D eigenvalue weighted by Crippen LogP contribution is -2.47. The van der Waals surface area contributed by atoms with Gasteiger partial charge < -0.3 is 9.64 Å². The number of hydrogen-bond donors (Lipinski definition) is 0. The molecule has 138 valence electrons. The van der Waals surface area contributed by atoms with Crippen LogP contribution in [0.15, 0.2) is 60.7 Å². The zero-order valence-electron chi connectivity index (χ0n) is 15.5. The van der Waals surface area contributed by atoms with Gasteiger partial charge in [0, 0.05) is 44.3 Å². The van der Waals surface area contributed by atoms with Crippen LogP contribution in [0.4, 0.5) is 5.69 Å². The summed E-state index contributed by atoms with van der Waals surface area (Å²) in [5, 5.41) is 0. The van der Waals surface area contributed by atoms with Gasteiger partial charge in [-0.1, -0.05) is 48.5 Å². The van der Waals surface area contributed by atoms with Crippen molar-refractivity contribution in [1.82, 2.24) is 4.90 Å². The molecule has 4 heteroatoms. The highest BCUT2D eigenvalue weighted by Gasteiger charge is 2.25. The van der Waals surface area contributed by atoms with Gasteiger partial charge in [-0.2, -0.15) is 0 Å². The van der Waals surface area contributed by atoms with Gasteiger partial charge >= 0.3 is 5.97 Å². The Morgan fingerprint density at radius 1 is 0.962 bits per heavy atom. The Labute approximate surface area is 156 Å². The number of hydrogen-bond acceptors (Lipinski definition) is 4. The monoisotopic (exact) mass is 352 g/mol. The highest BCUT2D eigenvalue weighted by atomic mass is 16.5. The van der Waals surface area contributed by atoms with Crippen LogP contribution in [-0.2, 0) is 9.53 Å². The van der Waals surface area contributed by atoms with Crippen molar-refractivity contribution in [2.75, 3.05) is 37.7 Å². The van der Waals surface area contributed by atoms with E-state index in [2.05, 4.69) is 64.4 Å². The van der Waals surface area contributed by atoms with Gasteiger partial charge in [0.05, 0.1) is 6.61 Å². The van der Waals surface area contributed by atoms with Crippen LogP contribution in [0.25, 0.3) is 0 Å². The fourth-order valence-electron chi connectivity index (χ4n) is 3.65. The molecular weight excluding hydrogens is 324 g/mol. The lowest BCUT2D eigenvalue weighted by molar-refractivity contribution is -0.143. The summed E-state index contributed by atoms with van der Waals surface area (Å²) in [5.74, 6) is -0.101. The number of carbonyl (C=O) groups excluding carboxylic acids is 1. The van der Waals surface area contributed by atoms with Gasteiger partial charge in [-0.15, -0.1) is 0 Å². The van der Waals surface area contributed by atoms with E-state index in [4.69, 9.17) is 4.74 Å². The van der Waals surface area contributed by atoms with Crippen molar-refractivity contribution < 1.29 is 9.53 Å². The largest absolute Gasteiger partial charge is 0.466 e. The third-order valence-electron chi connectivity index (χ3n) is 4.99. The molecule has 0 aromatic heterocycles. The van der Waals surface area contributed by atoms with Crippen LogP contribution in [-0.4, -0.2) is 43.7 Å². The summed E-state index contributed by atoms with van der Waals surface area (Å²) >= 11 is 0. The average molecular weight is 352 g/mol. The Kier molecular flexibility index (Phi) is 6.67. The molecule has 2 aromatic carbocycles. The van der Waals surface area contributed by atoms with Crippen LogP contribution < -0.4 is 4.90 Å². The highest BCUT2D eigenvalue weighted by molar-refractivity contribution is 5.69. The van der Waals surface area contributed by atoms with Crippen molar-refractivity contribution >= 4 is 11.7 Å². The zero-order valence-corrected chi connectivity index (χ0v) is 15.5. The number of esters is 1. The molecule has 1 fully saturated rings. The predicted octanol–water partition coefficient (Wildman–Crippen LogP) is 3.89. The Morgan fingerprint density at radius 2 is 1.58 bits per heavy atom. The maximum atomic E-state index is 11.8. The first-order valence-corrected chi connectivity index (χ1v) is 9.52. The van der Waals surface area contributed by atoms with Crippen molar-refractivity contribution in [2.45, 2.75) is 25.8 Å². The third-order valence-corrected chi connectivity index (χ3v) is 4.99. The number of ether oxygens (including phenoxy) is 1. The number of benzene rings is 2. The van der Waals surface area contributed by atoms with Crippen molar-refractivity contribution in [3.05, 3.63) is 66.2 Å². The highest BCUT2D eigenvalue weighted by Crippen LogP contribution is 2.28. The van der Waals surface area contributed by atoms with Gasteiger partial charge in [-0.3, -0.25) is 9.69 Å². The summed E-state index contributed by atoms with van der Waals surface area (Å²) in [6.07, 6.45) is 1.26. The molecule has 4 nitrogen and oxygen atoms in total. The summed E-state index contributed by atoms with van der Waals surface area (Å²) in [7, 11) is 0. The van der Waals surface area contributed by atoms with E-state index in [1.165, 1.54) is 11.3 Å². The van der Waals surface area contributed by atoms with Gasteiger partial charge in [0.25, 0.3) is 0 Å². The van der Waals surface area contributed by atoms with E-state index >= 15 is 0 Å². The number of rotatable bonds is 7. The molecule has 1 unspecified atom stereocenters. The Balaban J connectivity index is 1.65. The Bertz CT molecular complexity index is 667. The van der Waals surface area contributed by atoms with Gasteiger partial charge in [-0.25, -0.2) is 0 Å². The maximum Gasteiger partial charge on any atom is 0.305 e. The fraction of sp³-hybridized carbons (Fsp3) is 0.409. The first kappa shape index (κ1) is 18.5. The second-order valence-electron chi connectivity index (χ2n) is 6.63. The number of carbonyl (C=O) groups is 1. The Morgan fingerprint density at radius 3 is 2.19 bits per heavy atom. The second-order valence-corrected chi connectivity index (χ2v) is 6.63. The van der Waals surface area contributed by atoms with E-state index in [1.807, 2.05) is 13.0 Å². The number of piperazine rings is 1. The molecule has 2 aromatic rings. The van der Waals surface area contributed by atoms with Crippen LogP contribution in [0.2, 0.25) is 0 Å². The molecule has 0 saturated carbocycles. The Hall–Kier alpha value is -2.33. The molecular formula is C22H28N2O2. The molecule has 0 spiro atoms. The van der Waals surface area contributed by atoms with Crippen molar-refractivity contribution in [2.24, 2.45) is 0 Å². The molecule has 0 radical (unpaired) electrons. The number of para-hydroxylation sites is 1. The minimum atomic E-state index is -0.101. The van der Waals surface area contributed by atoms with Crippen molar-refractivity contribution in [3.63, 3.8) is 0 Å². The van der Waals surface area contributed by atoms with E-state index < -0.39 is 0 Å². The van der Waals surface area contributed by atoms with Gasteiger partial charge in [0.15, 0.2) is 0 Å². The molecule has 0 bridgehead atoms. The summed E-state index contributed by atoms with van der Waals surface area (Å²) in [6, 6.07) is 21.4. The third kappa shape index (κ3) is 4.85. The van der Waals surface area contributed by atoms with E-state index in [0.717, 1.165) is 32.6 Å².